The second-order valence-electron chi connectivity index (χ2n) is 5.97. The van der Waals surface area contributed by atoms with Gasteiger partial charge in [-0.05, 0) is 31.5 Å². The van der Waals surface area contributed by atoms with Crippen molar-refractivity contribution in [3.05, 3.63) is 29.8 Å². The van der Waals surface area contributed by atoms with Crippen molar-refractivity contribution in [2.24, 2.45) is 5.41 Å². The molecule has 1 aromatic rings. The zero-order chi connectivity index (χ0) is 15.6. The number of amides is 1. The summed E-state index contributed by atoms with van der Waals surface area (Å²) >= 11 is 0. The maximum absolute atomic E-state index is 12.6. The lowest BCUT2D eigenvalue weighted by Crippen LogP contribution is -2.35. The topological polar surface area (TPSA) is 49.9 Å². The van der Waals surface area contributed by atoms with Crippen molar-refractivity contribution in [3.63, 3.8) is 0 Å². The second-order valence-corrected chi connectivity index (χ2v) is 5.97. The first-order valence-electron chi connectivity index (χ1n) is 7.02. The molecule has 0 radical (unpaired) electrons. The number of nitrogens with zero attached hydrogens (tertiary/aromatic N) is 2. The van der Waals surface area contributed by atoms with Crippen LogP contribution in [0.25, 0.3) is 0 Å². The number of rotatable bonds is 3. The Bertz CT molecular complexity index is 556. The number of likely N-dealkylation sites (tertiary alicyclic amines) is 1. The van der Waals surface area contributed by atoms with Gasteiger partial charge in [-0.15, -0.1) is 0 Å². The van der Waals surface area contributed by atoms with Crippen LogP contribution in [-0.4, -0.2) is 51.1 Å². The Morgan fingerprint density at radius 3 is 2.67 bits per heavy atom. The van der Waals surface area contributed by atoms with E-state index in [0.717, 1.165) is 5.69 Å². The van der Waals surface area contributed by atoms with Crippen LogP contribution in [0.15, 0.2) is 24.3 Å². The molecule has 5 heteroatoms. The first-order valence-corrected chi connectivity index (χ1v) is 7.02. The van der Waals surface area contributed by atoms with E-state index in [1.807, 2.05) is 50.2 Å². The number of carbonyl (C=O) groups is 2. The smallest absolute Gasteiger partial charge is 0.313 e. The van der Waals surface area contributed by atoms with Gasteiger partial charge >= 0.3 is 5.97 Å². The molecule has 1 aliphatic heterocycles. The van der Waals surface area contributed by atoms with E-state index in [2.05, 4.69) is 0 Å². The summed E-state index contributed by atoms with van der Waals surface area (Å²) in [6.07, 6.45) is 0.638. The summed E-state index contributed by atoms with van der Waals surface area (Å²) < 4.78 is 4.84. The van der Waals surface area contributed by atoms with Crippen LogP contribution < -0.4 is 4.90 Å². The second kappa shape index (κ2) is 5.76. The van der Waals surface area contributed by atoms with E-state index in [-0.39, 0.29) is 11.9 Å². The molecule has 1 aliphatic rings. The molecular formula is C16H22N2O3. The van der Waals surface area contributed by atoms with Crippen molar-refractivity contribution in [1.29, 1.82) is 0 Å². The number of methoxy groups -OCH3 is 1. The molecule has 1 aromatic carbocycles. The molecule has 1 heterocycles. The van der Waals surface area contributed by atoms with E-state index in [1.165, 1.54) is 7.11 Å². The first kappa shape index (κ1) is 15.4. The van der Waals surface area contributed by atoms with Crippen LogP contribution >= 0.6 is 0 Å². The Morgan fingerprint density at radius 2 is 2.05 bits per heavy atom. The fraction of sp³-hybridized carbons (Fsp3) is 0.500. The molecule has 2 rings (SSSR count). The summed E-state index contributed by atoms with van der Waals surface area (Å²) in [6.45, 7) is 2.84. The molecule has 1 fully saturated rings. The molecular weight excluding hydrogens is 268 g/mol. The third-order valence-corrected chi connectivity index (χ3v) is 4.05. The van der Waals surface area contributed by atoms with E-state index >= 15 is 0 Å². The SMILES string of the molecule is COC(=O)[C@]1(C)CCN(C(=O)c2cccc(N(C)C)c2)C1. The van der Waals surface area contributed by atoms with E-state index < -0.39 is 5.41 Å². The van der Waals surface area contributed by atoms with Gasteiger partial charge in [-0.1, -0.05) is 6.07 Å². The molecule has 5 nitrogen and oxygen atoms in total. The Labute approximate surface area is 125 Å². The minimum atomic E-state index is -0.594. The lowest BCUT2D eigenvalue weighted by atomic mass is 9.90. The van der Waals surface area contributed by atoms with Crippen LogP contribution in [0.2, 0.25) is 0 Å². The summed E-state index contributed by atoms with van der Waals surface area (Å²) in [4.78, 5) is 28.1. The minimum absolute atomic E-state index is 0.0358. The number of esters is 1. The van der Waals surface area contributed by atoms with Gasteiger partial charge in [-0.3, -0.25) is 9.59 Å². The number of hydrogen-bond donors (Lipinski definition) is 0. The highest BCUT2D eigenvalue weighted by Gasteiger charge is 2.43. The summed E-state index contributed by atoms with van der Waals surface area (Å²) in [5, 5.41) is 0. The van der Waals surface area contributed by atoms with Gasteiger partial charge < -0.3 is 14.5 Å². The van der Waals surface area contributed by atoms with Crippen LogP contribution in [0, 0.1) is 5.41 Å². The van der Waals surface area contributed by atoms with E-state index in [1.54, 1.807) is 4.90 Å². The molecule has 0 bridgehead atoms. The molecule has 0 N–H and O–H groups in total. The Hall–Kier alpha value is -2.04. The highest BCUT2D eigenvalue weighted by Crippen LogP contribution is 2.32. The number of anilines is 1. The Kier molecular flexibility index (Phi) is 4.21. The predicted molar refractivity (Wildman–Crippen MR) is 81.4 cm³/mol. The van der Waals surface area contributed by atoms with Gasteiger partial charge in [0, 0.05) is 38.4 Å². The van der Waals surface area contributed by atoms with Gasteiger partial charge in [0.15, 0.2) is 0 Å². The third kappa shape index (κ3) is 3.01. The van der Waals surface area contributed by atoms with Crippen molar-refractivity contribution in [3.8, 4) is 0 Å². The number of carbonyl (C=O) groups excluding carboxylic acids is 2. The van der Waals surface area contributed by atoms with Gasteiger partial charge in [-0.2, -0.15) is 0 Å². The Balaban J connectivity index is 2.15. The molecule has 0 aliphatic carbocycles. The van der Waals surface area contributed by atoms with Crippen molar-refractivity contribution >= 4 is 17.6 Å². The summed E-state index contributed by atoms with van der Waals surface area (Å²) in [6, 6.07) is 7.51. The minimum Gasteiger partial charge on any atom is -0.469 e. The van der Waals surface area contributed by atoms with Gasteiger partial charge in [0.05, 0.1) is 12.5 Å². The molecule has 1 atom stereocenters. The average molecular weight is 290 g/mol. The summed E-state index contributed by atoms with van der Waals surface area (Å²) in [5.41, 5.74) is 1.04. The third-order valence-electron chi connectivity index (χ3n) is 4.05. The highest BCUT2D eigenvalue weighted by atomic mass is 16.5. The molecule has 21 heavy (non-hydrogen) atoms. The number of ether oxygens (including phenoxy) is 1. The fourth-order valence-electron chi connectivity index (χ4n) is 2.65. The van der Waals surface area contributed by atoms with Gasteiger partial charge in [0.2, 0.25) is 0 Å². The summed E-state index contributed by atoms with van der Waals surface area (Å²) in [7, 11) is 5.26. The lowest BCUT2D eigenvalue weighted by Gasteiger charge is -2.22. The largest absolute Gasteiger partial charge is 0.469 e. The zero-order valence-electron chi connectivity index (χ0n) is 13.0. The van der Waals surface area contributed by atoms with Crippen molar-refractivity contribution in [2.45, 2.75) is 13.3 Å². The quantitative estimate of drug-likeness (QED) is 0.796. The van der Waals surface area contributed by atoms with Crippen molar-refractivity contribution in [2.75, 3.05) is 39.2 Å². The van der Waals surface area contributed by atoms with Gasteiger partial charge in [0.25, 0.3) is 5.91 Å². The Morgan fingerprint density at radius 1 is 1.33 bits per heavy atom. The van der Waals surface area contributed by atoms with Gasteiger partial charge in [-0.25, -0.2) is 0 Å². The highest BCUT2D eigenvalue weighted by molar-refractivity contribution is 5.96. The molecule has 0 saturated carbocycles. The van der Waals surface area contributed by atoms with Crippen LogP contribution in [-0.2, 0) is 9.53 Å². The molecule has 0 spiro atoms. The molecule has 0 unspecified atom stereocenters. The average Bonchev–Trinajstić information content (AvgIpc) is 2.89. The number of benzene rings is 1. The monoisotopic (exact) mass is 290 g/mol. The van der Waals surface area contributed by atoms with Crippen LogP contribution in [0.4, 0.5) is 5.69 Å². The normalized spacial score (nSPS) is 21.2. The molecule has 1 saturated heterocycles. The first-order chi connectivity index (χ1) is 9.87. The standard InChI is InChI=1S/C16H22N2O3/c1-16(15(20)21-4)8-9-18(11-16)14(19)12-6-5-7-13(10-12)17(2)3/h5-7,10H,8-9,11H2,1-4H3/t16-/m1/s1. The zero-order valence-corrected chi connectivity index (χ0v) is 13.0. The maximum Gasteiger partial charge on any atom is 0.313 e. The predicted octanol–water partition coefficient (Wildman–Crippen LogP) is 1.78. The fourth-order valence-corrected chi connectivity index (χ4v) is 2.65. The van der Waals surface area contributed by atoms with Crippen LogP contribution in [0.1, 0.15) is 23.7 Å². The maximum atomic E-state index is 12.6. The van der Waals surface area contributed by atoms with E-state index in [4.69, 9.17) is 4.74 Å². The molecule has 114 valence electrons. The number of hydrogen-bond acceptors (Lipinski definition) is 4. The molecule has 1 amide bonds. The lowest BCUT2D eigenvalue weighted by molar-refractivity contribution is -0.150. The van der Waals surface area contributed by atoms with Gasteiger partial charge in [0.1, 0.15) is 0 Å². The van der Waals surface area contributed by atoms with E-state index in [9.17, 15) is 9.59 Å². The van der Waals surface area contributed by atoms with Crippen LogP contribution in [0.3, 0.4) is 0 Å². The van der Waals surface area contributed by atoms with Crippen molar-refractivity contribution in [1.82, 2.24) is 4.90 Å². The van der Waals surface area contributed by atoms with Crippen molar-refractivity contribution < 1.29 is 14.3 Å². The molecule has 0 aromatic heterocycles. The van der Waals surface area contributed by atoms with E-state index in [0.29, 0.717) is 25.1 Å². The summed E-state index contributed by atoms with van der Waals surface area (Å²) in [5.74, 6) is -0.286. The van der Waals surface area contributed by atoms with Crippen LogP contribution in [0.5, 0.6) is 0 Å².